The summed E-state index contributed by atoms with van der Waals surface area (Å²) in [5.41, 5.74) is 0. The molecule has 0 aromatic rings. The fourth-order valence-corrected chi connectivity index (χ4v) is 2.27. The smallest absolute Gasteiger partial charge is 0.318 e. The van der Waals surface area contributed by atoms with Crippen LogP contribution in [0, 0.1) is 12.3 Å². The summed E-state index contributed by atoms with van der Waals surface area (Å²) in [6.07, 6.45) is 5.05. The number of carbonyl (C=O) groups is 1. The molecule has 0 spiro atoms. The van der Waals surface area contributed by atoms with E-state index in [0.717, 1.165) is 18.1 Å². The minimum atomic E-state index is -0.0363. The molecule has 1 aliphatic rings. The standard InChI is InChI=1S/C9H14N2OS/c1-3-4-10-9(12)11-5-6-13-7-8(11)2/h1,8H,4-7H2,2H3,(H,10,12). The van der Waals surface area contributed by atoms with Crippen LogP contribution in [-0.4, -0.2) is 41.6 Å². The maximum absolute atomic E-state index is 11.5. The molecule has 0 saturated carbocycles. The molecule has 1 N–H and O–H groups in total. The molecule has 0 radical (unpaired) electrons. The van der Waals surface area contributed by atoms with Gasteiger partial charge in [0.25, 0.3) is 0 Å². The highest BCUT2D eigenvalue weighted by Gasteiger charge is 2.22. The Labute approximate surface area is 83.2 Å². The molecule has 1 saturated heterocycles. The Kier molecular flexibility index (Phi) is 3.97. The van der Waals surface area contributed by atoms with Crippen molar-refractivity contribution in [1.82, 2.24) is 10.2 Å². The number of nitrogens with one attached hydrogen (secondary N) is 1. The number of rotatable bonds is 1. The zero-order valence-electron chi connectivity index (χ0n) is 7.75. The summed E-state index contributed by atoms with van der Waals surface area (Å²) in [6, 6.07) is 0.280. The number of amides is 2. The number of thioether (sulfide) groups is 1. The highest BCUT2D eigenvalue weighted by Crippen LogP contribution is 2.15. The second-order valence-electron chi connectivity index (χ2n) is 2.98. The largest absolute Gasteiger partial charge is 0.327 e. The van der Waals surface area contributed by atoms with Crippen molar-refractivity contribution in [3.8, 4) is 12.3 Å². The van der Waals surface area contributed by atoms with Gasteiger partial charge in [-0.25, -0.2) is 4.79 Å². The fourth-order valence-electron chi connectivity index (χ4n) is 1.26. The summed E-state index contributed by atoms with van der Waals surface area (Å²) in [5, 5.41) is 2.67. The van der Waals surface area contributed by atoms with Gasteiger partial charge in [-0.05, 0) is 6.92 Å². The van der Waals surface area contributed by atoms with Gasteiger partial charge in [-0.2, -0.15) is 11.8 Å². The van der Waals surface area contributed by atoms with E-state index in [1.165, 1.54) is 0 Å². The van der Waals surface area contributed by atoms with Gasteiger partial charge in [-0.1, -0.05) is 5.92 Å². The van der Waals surface area contributed by atoms with E-state index in [1.54, 1.807) is 0 Å². The van der Waals surface area contributed by atoms with Gasteiger partial charge < -0.3 is 10.2 Å². The topological polar surface area (TPSA) is 32.3 Å². The van der Waals surface area contributed by atoms with Crippen LogP contribution in [0.1, 0.15) is 6.92 Å². The molecule has 2 amide bonds. The maximum atomic E-state index is 11.5. The molecule has 1 heterocycles. The van der Waals surface area contributed by atoms with Crippen LogP contribution in [-0.2, 0) is 0 Å². The summed E-state index contributed by atoms with van der Waals surface area (Å²) in [4.78, 5) is 13.3. The first-order valence-electron chi connectivity index (χ1n) is 4.31. The Morgan fingerprint density at radius 1 is 1.85 bits per heavy atom. The van der Waals surface area contributed by atoms with Crippen LogP contribution in [0.2, 0.25) is 0 Å². The van der Waals surface area contributed by atoms with Crippen LogP contribution >= 0.6 is 11.8 Å². The van der Waals surface area contributed by atoms with Crippen molar-refractivity contribution in [2.24, 2.45) is 0 Å². The lowest BCUT2D eigenvalue weighted by Crippen LogP contribution is -2.49. The molecule has 3 nitrogen and oxygen atoms in total. The number of hydrogen-bond donors (Lipinski definition) is 1. The molecule has 0 aromatic carbocycles. The molecule has 1 fully saturated rings. The maximum Gasteiger partial charge on any atom is 0.318 e. The minimum Gasteiger partial charge on any atom is -0.327 e. The summed E-state index contributed by atoms with van der Waals surface area (Å²) < 4.78 is 0. The average Bonchev–Trinajstić information content (AvgIpc) is 2.15. The lowest BCUT2D eigenvalue weighted by atomic mass is 10.3. The van der Waals surface area contributed by atoms with Gasteiger partial charge >= 0.3 is 6.03 Å². The van der Waals surface area contributed by atoms with Crippen LogP contribution in [0.15, 0.2) is 0 Å². The third-order valence-corrected chi connectivity index (χ3v) is 3.16. The van der Waals surface area contributed by atoms with E-state index in [4.69, 9.17) is 6.42 Å². The Bertz CT molecular complexity index is 224. The summed E-state index contributed by atoms with van der Waals surface area (Å²) in [7, 11) is 0. The van der Waals surface area contributed by atoms with Gasteiger partial charge in [0.05, 0.1) is 6.54 Å². The first-order chi connectivity index (χ1) is 6.25. The molecule has 1 rings (SSSR count). The van der Waals surface area contributed by atoms with E-state index < -0.39 is 0 Å². The van der Waals surface area contributed by atoms with E-state index in [2.05, 4.69) is 18.2 Å². The number of nitrogens with zero attached hydrogens (tertiary/aromatic N) is 1. The summed E-state index contributed by atoms with van der Waals surface area (Å²) in [6.45, 7) is 3.19. The minimum absolute atomic E-state index is 0.0363. The predicted octanol–water partition coefficient (Wildman–Crippen LogP) is 0.766. The second kappa shape index (κ2) is 5.03. The molecule has 0 aliphatic carbocycles. The zero-order chi connectivity index (χ0) is 9.68. The molecule has 0 aromatic heterocycles. The third-order valence-electron chi connectivity index (χ3n) is 1.97. The number of urea groups is 1. The van der Waals surface area contributed by atoms with Crippen molar-refractivity contribution in [3.63, 3.8) is 0 Å². The predicted molar refractivity (Wildman–Crippen MR) is 55.7 cm³/mol. The number of carbonyl (C=O) groups excluding carboxylic acids is 1. The molecule has 1 aliphatic heterocycles. The van der Waals surface area contributed by atoms with Crippen molar-refractivity contribution >= 4 is 17.8 Å². The molecule has 13 heavy (non-hydrogen) atoms. The summed E-state index contributed by atoms with van der Waals surface area (Å²) >= 11 is 1.89. The van der Waals surface area contributed by atoms with Crippen molar-refractivity contribution in [2.45, 2.75) is 13.0 Å². The van der Waals surface area contributed by atoms with Gasteiger partial charge in [0.2, 0.25) is 0 Å². The Hall–Kier alpha value is -0.820. The lowest BCUT2D eigenvalue weighted by molar-refractivity contribution is 0.188. The van der Waals surface area contributed by atoms with Gasteiger partial charge in [0, 0.05) is 24.1 Å². The van der Waals surface area contributed by atoms with Crippen LogP contribution < -0.4 is 5.32 Å². The van der Waals surface area contributed by atoms with Gasteiger partial charge in [0.15, 0.2) is 0 Å². The van der Waals surface area contributed by atoms with Crippen LogP contribution in [0.4, 0.5) is 4.79 Å². The molecule has 0 bridgehead atoms. The van der Waals surface area contributed by atoms with E-state index in [1.807, 2.05) is 16.7 Å². The quantitative estimate of drug-likeness (QED) is 0.631. The molecule has 1 unspecified atom stereocenters. The number of terminal acetylenes is 1. The Balaban J connectivity index is 2.40. The van der Waals surface area contributed by atoms with Crippen molar-refractivity contribution in [2.75, 3.05) is 24.6 Å². The average molecular weight is 198 g/mol. The third kappa shape index (κ3) is 2.85. The molecule has 4 heteroatoms. The van der Waals surface area contributed by atoms with Gasteiger partial charge in [-0.15, -0.1) is 6.42 Å². The molecule has 1 atom stereocenters. The lowest BCUT2D eigenvalue weighted by Gasteiger charge is -2.32. The SMILES string of the molecule is C#CCNC(=O)N1CCSCC1C. The van der Waals surface area contributed by atoms with Crippen molar-refractivity contribution in [3.05, 3.63) is 0 Å². The van der Waals surface area contributed by atoms with E-state index in [9.17, 15) is 4.79 Å². The van der Waals surface area contributed by atoms with Crippen molar-refractivity contribution < 1.29 is 4.79 Å². The first kappa shape index (κ1) is 10.3. The van der Waals surface area contributed by atoms with Crippen LogP contribution in [0.25, 0.3) is 0 Å². The zero-order valence-corrected chi connectivity index (χ0v) is 8.56. The Morgan fingerprint density at radius 2 is 2.62 bits per heavy atom. The Morgan fingerprint density at radius 3 is 3.23 bits per heavy atom. The van der Waals surface area contributed by atoms with Crippen LogP contribution in [0.5, 0.6) is 0 Å². The first-order valence-corrected chi connectivity index (χ1v) is 5.47. The van der Waals surface area contributed by atoms with Crippen molar-refractivity contribution in [1.29, 1.82) is 0 Å². The van der Waals surface area contributed by atoms with Crippen LogP contribution in [0.3, 0.4) is 0 Å². The van der Waals surface area contributed by atoms with E-state index in [0.29, 0.717) is 12.6 Å². The number of hydrogen-bond acceptors (Lipinski definition) is 2. The van der Waals surface area contributed by atoms with Gasteiger partial charge in [0.1, 0.15) is 0 Å². The normalized spacial score (nSPS) is 22.2. The molecular weight excluding hydrogens is 184 g/mol. The second-order valence-corrected chi connectivity index (χ2v) is 4.13. The van der Waals surface area contributed by atoms with Gasteiger partial charge in [-0.3, -0.25) is 0 Å². The fraction of sp³-hybridized carbons (Fsp3) is 0.667. The van der Waals surface area contributed by atoms with E-state index in [-0.39, 0.29) is 6.03 Å². The van der Waals surface area contributed by atoms with E-state index >= 15 is 0 Å². The highest BCUT2D eigenvalue weighted by molar-refractivity contribution is 7.99. The monoisotopic (exact) mass is 198 g/mol. The highest BCUT2D eigenvalue weighted by atomic mass is 32.2. The molecule has 72 valence electrons. The molecular formula is C9H14N2OS. The summed E-state index contributed by atoms with van der Waals surface area (Å²) in [5.74, 6) is 4.43.